The highest BCUT2D eigenvalue weighted by atomic mass is 16.3. The maximum atomic E-state index is 12.4. The lowest BCUT2D eigenvalue weighted by molar-refractivity contribution is -0.130. The van der Waals surface area contributed by atoms with Crippen LogP contribution < -0.4 is 5.73 Å². The summed E-state index contributed by atoms with van der Waals surface area (Å²) in [5.41, 5.74) is 8.91. The number of imidazole rings is 1. The summed E-state index contributed by atoms with van der Waals surface area (Å²) in [4.78, 5) is 23.8. The van der Waals surface area contributed by atoms with Crippen molar-refractivity contribution < 1.29 is 9.90 Å². The Balaban J connectivity index is 1.40. The monoisotopic (exact) mass is 479 g/mol. The molecule has 0 spiro atoms. The largest absolute Gasteiger partial charge is 0.382 e. The molecule has 2 aromatic carbocycles. The fourth-order valence-electron chi connectivity index (χ4n) is 5.83. The summed E-state index contributed by atoms with van der Waals surface area (Å²) < 4.78 is 2.03. The Morgan fingerprint density at radius 2 is 1.81 bits per heavy atom. The first-order valence-electron chi connectivity index (χ1n) is 12.4. The summed E-state index contributed by atoms with van der Waals surface area (Å²) in [7, 11) is 0. The van der Waals surface area contributed by atoms with E-state index in [0.717, 1.165) is 47.4 Å². The number of piperidine rings is 1. The molecule has 2 aromatic heterocycles. The second kappa shape index (κ2) is 8.60. The van der Waals surface area contributed by atoms with Gasteiger partial charge in [0, 0.05) is 42.9 Å². The molecule has 7 nitrogen and oxygen atoms in total. The van der Waals surface area contributed by atoms with E-state index in [2.05, 4.69) is 11.6 Å². The van der Waals surface area contributed by atoms with E-state index in [1.165, 1.54) is 0 Å². The predicted molar refractivity (Wildman–Crippen MR) is 139 cm³/mol. The van der Waals surface area contributed by atoms with Gasteiger partial charge in [0.05, 0.1) is 0 Å². The van der Waals surface area contributed by atoms with Gasteiger partial charge in [0.1, 0.15) is 28.5 Å². The van der Waals surface area contributed by atoms with Crippen LogP contribution in [0.5, 0.6) is 0 Å². The quantitative estimate of drug-likeness (QED) is 0.417. The summed E-state index contributed by atoms with van der Waals surface area (Å²) in [6.07, 6.45) is 8.73. The molecule has 1 amide bonds. The number of aliphatic hydroxyl groups is 1. The fraction of sp³-hybridized carbons (Fsp3) is 0.276. The molecule has 0 radical (unpaired) electrons. The number of fused-ring (bicyclic) bond motifs is 2. The van der Waals surface area contributed by atoms with Gasteiger partial charge in [0.25, 0.3) is 0 Å². The van der Waals surface area contributed by atoms with Gasteiger partial charge in [0.15, 0.2) is 0 Å². The summed E-state index contributed by atoms with van der Waals surface area (Å²) in [5, 5.41) is 11.4. The number of aromatic nitrogens is 3. The number of nitrogen functional groups attached to an aromatic ring is 1. The van der Waals surface area contributed by atoms with Crippen LogP contribution in [0.3, 0.4) is 0 Å². The van der Waals surface area contributed by atoms with Crippen LogP contribution in [0.1, 0.15) is 48.6 Å². The van der Waals surface area contributed by atoms with E-state index in [0.29, 0.717) is 30.4 Å². The van der Waals surface area contributed by atoms with Gasteiger partial charge in [-0.15, -0.1) is 0 Å². The van der Waals surface area contributed by atoms with Crippen molar-refractivity contribution in [3.05, 3.63) is 96.6 Å². The van der Waals surface area contributed by atoms with Gasteiger partial charge in [-0.2, -0.15) is 0 Å². The molecular formula is C29H29N5O2. The van der Waals surface area contributed by atoms with Crippen LogP contribution in [0.4, 0.5) is 5.82 Å². The molecular weight excluding hydrogens is 450 g/mol. The fourth-order valence-corrected chi connectivity index (χ4v) is 5.83. The summed E-state index contributed by atoms with van der Waals surface area (Å²) >= 11 is 0. The second-order valence-electron chi connectivity index (χ2n) is 9.78. The third kappa shape index (κ3) is 3.50. The normalized spacial score (nSPS) is 21.4. The summed E-state index contributed by atoms with van der Waals surface area (Å²) in [6, 6.07) is 17.6. The smallest absolute Gasteiger partial charge is 0.222 e. The van der Waals surface area contributed by atoms with Crippen molar-refractivity contribution >= 4 is 17.2 Å². The van der Waals surface area contributed by atoms with E-state index < -0.39 is 5.60 Å². The van der Waals surface area contributed by atoms with Crippen LogP contribution in [-0.2, 0) is 10.4 Å². The Morgan fingerprint density at radius 1 is 1.06 bits per heavy atom. The Morgan fingerprint density at radius 3 is 2.56 bits per heavy atom. The molecule has 4 heterocycles. The molecule has 3 atom stereocenters. The van der Waals surface area contributed by atoms with Crippen LogP contribution in [-0.4, -0.2) is 42.9 Å². The van der Waals surface area contributed by atoms with Crippen LogP contribution >= 0.6 is 0 Å². The number of amides is 1. The van der Waals surface area contributed by atoms with Gasteiger partial charge >= 0.3 is 0 Å². The van der Waals surface area contributed by atoms with Crippen LogP contribution in [0.15, 0.2) is 79.6 Å². The Labute approximate surface area is 209 Å². The van der Waals surface area contributed by atoms with Crippen molar-refractivity contribution in [3.8, 4) is 11.3 Å². The van der Waals surface area contributed by atoms with Crippen LogP contribution in [0.25, 0.3) is 16.8 Å². The first kappa shape index (κ1) is 22.5. The lowest BCUT2D eigenvalue weighted by Gasteiger charge is -2.34. The molecule has 182 valence electrons. The third-order valence-corrected chi connectivity index (χ3v) is 7.80. The highest BCUT2D eigenvalue weighted by molar-refractivity contribution is 5.85. The standard InChI is InChI=1S/C29H29N5O2/c1-2-29(36,21-6-4-3-5-7-21)22-11-8-19(9-12-22)25-26-27(30)31-16-17-33(26)28(32-25)20-10-13-23-14-15-24(35)34(23)18-20/h2-9,11-12,16-17,20,23,36H,1,10,13-15,18H2,(H2,30,31)/t20-,23+,29-/m1/s1. The molecule has 4 aromatic rings. The zero-order valence-corrected chi connectivity index (χ0v) is 20.0. The molecule has 0 saturated carbocycles. The van der Waals surface area contributed by atoms with Gasteiger partial charge < -0.3 is 15.7 Å². The minimum absolute atomic E-state index is 0.134. The summed E-state index contributed by atoms with van der Waals surface area (Å²) in [6.45, 7) is 4.57. The molecule has 7 heteroatoms. The van der Waals surface area contributed by atoms with Gasteiger partial charge in [-0.3, -0.25) is 9.20 Å². The van der Waals surface area contributed by atoms with E-state index in [1.54, 1.807) is 12.3 Å². The minimum atomic E-state index is -1.30. The van der Waals surface area contributed by atoms with E-state index in [1.807, 2.05) is 70.1 Å². The van der Waals surface area contributed by atoms with E-state index in [9.17, 15) is 9.90 Å². The summed E-state index contributed by atoms with van der Waals surface area (Å²) in [5.74, 6) is 1.70. The number of rotatable bonds is 5. The number of anilines is 1. The van der Waals surface area contributed by atoms with Gasteiger partial charge in [-0.25, -0.2) is 9.97 Å². The average molecular weight is 480 g/mol. The molecule has 2 saturated heterocycles. The highest BCUT2D eigenvalue weighted by Gasteiger charge is 2.38. The lowest BCUT2D eigenvalue weighted by Crippen LogP contribution is -2.41. The minimum Gasteiger partial charge on any atom is -0.382 e. The average Bonchev–Trinajstić information content (AvgIpc) is 3.50. The maximum absolute atomic E-state index is 12.4. The molecule has 0 bridgehead atoms. The van der Waals surface area contributed by atoms with Crippen LogP contribution in [0, 0.1) is 0 Å². The Hall–Kier alpha value is -3.97. The highest BCUT2D eigenvalue weighted by Crippen LogP contribution is 2.38. The SMILES string of the molecule is C=C[C@@](O)(c1ccccc1)c1ccc(-c2nc([C@@H]3CC[C@H]4CCC(=O)N4C3)n3ccnc(N)c23)cc1. The van der Waals surface area contributed by atoms with Crippen molar-refractivity contribution in [1.29, 1.82) is 0 Å². The Bertz CT molecular complexity index is 1450. The van der Waals surface area contributed by atoms with Gasteiger partial charge in [-0.1, -0.05) is 67.3 Å². The first-order chi connectivity index (χ1) is 17.5. The molecule has 36 heavy (non-hydrogen) atoms. The van der Waals surface area contributed by atoms with Crippen molar-refractivity contribution in [1.82, 2.24) is 19.3 Å². The van der Waals surface area contributed by atoms with Crippen molar-refractivity contribution in [2.75, 3.05) is 12.3 Å². The molecule has 2 aliphatic heterocycles. The molecule has 2 aliphatic rings. The number of nitrogens with two attached hydrogens (primary N) is 1. The first-order valence-corrected chi connectivity index (χ1v) is 12.4. The number of carbonyl (C=O) groups is 1. The molecule has 2 fully saturated rings. The predicted octanol–water partition coefficient (Wildman–Crippen LogP) is 4.27. The molecule has 6 rings (SSSR count). The van der Waals surface area contributed by atoms with E-state index >= 15 is 0 Å². The van der Waals surface area contributed by atoms with Crippen molar-refractivity contribution in [2.24, 2.45) is 0 Å². The number of benzene rings is 2. The zero-order chi connectivity index (χ0) is 24.9. The molecule has 0 unspecified atom stereocenters. The van der Waals surface area contributed by atoms with Gasteiger partial charge in [0.2, 0.25) is 5.91 Å². The topological polar surface area (TPSA) is 96.8 Å². The lowest BCUT2D eigenvalue weighted by atomic mass is 9.86. The number of carbonyl (C=O) groups excluding carboxylic acids is 1. The third-order valence-electron chi connectivity index (χ3n) is 7.80. The van der Waals surface area contributed by atoms with Crippen molar-refractivity contribution in [2.45, 2.75) is 43.2 Å². The van der Waals surface area contributed by atoms with Crippen LogP contribution in [0.2, 0.25) is 0 Å². The number of hydrogen-bond acceptors (Lipinski definition) is 5. The maximum Gasteiger partial charge on any atom is 0.222 e. The Kier molecular flexibility index (Phi) is 5.38. The van der Waals surface area contributed by atoms with E-state index in [-0.39, 0.29) is 11.8 Å². The second-order valence-corrected chi connectivity index (χ2v) is 9.78. The zero-order valence-electron chi connectivity index (χ0n) is 20.0. The van der Waals surface area contributed by atoms with E-state index in [4.69, 9.17) is 10.7 Å². The molecule has 0 aliphatic carbocycles. The number of hydrogen-bond donors (Lipinski definition) is 2. The van der Waals surface area contributed by atoms with Crippen molar-refractivity contribution in [3.63, 3.8) is 0 Å². The molecule has 3 N–H and O–H groups in total. The number of nitrogens with zero attached hydrogens (tertiary/aromatic N) is 4. The van der Waals surface area contributed by atoms with Gasteiger partial charge in [-0.05, 0) is 30.4 Å².